The second-order valence-electron chi connectivity index (χ2n) is 8.40. The maximum absolute atomic E-state index is 13.1. The topological polar surface area (TPSA) is 92.1 Å². The van der Waals surface area contributed by atoms with Crippen molar-refractivity contribution in [2.45, 2.75) is 36.6 Å². The zero-order valence-corrected chi connectivity index (χ0v) is 19.2. The Morgan fingerprint density at radius 1 is 1.16 bits per heavy atom. The molecule has 9 heteroatoms. The lowest BCUT2D eigenvalue weighted by atomic mass is 9.98. The second-order valence-corrected chi connectivity index (χ2v) is 10.3. The molecular formula is C23H31N3O5S. The maximum atomic E-state index is 13.1. The number of nitrogens with zero attached hydrogens (tertiary/aromatic N) is 2. The number of hydrogen-bond acceptors (Lipinski definition) is 6. The summed E-state index contributed by atoms with van der Waals surface area (Å²) in [6.45, 7) is 3.03. The van der Waals surface area contributed by atoms with Gasteiger partial charge in [0.15, 0.2) is 0 Å². The number of piperidine rings is 1. The molecule has 2 fully saturated rings. The van der Waals surface area contributed by atoms with Crippen molar-refractivity contribution in [2.24, 2.45) is 5.92 Å². The van der Waals surface area contributed by atoms with Gasteiger partial charge in [-0.2, -0.15) is 4.31 Å². The van der Waals surface area contributed by atoms with E-state index in [1.807, 2.05) is 12.1 Å². The minimum absolute atomic E-state index is 0.000764. The predicted octanol–water partition coefficient (Wildman–Crippen LogP) is 2.64. The van der Waals surface area contributed by atoms with Crippen LogP contribution in [0.4, 0.5) is 0 Å². The van der Waals surface area contributed by atoms with E-state index in [0.29, 0.717) is 31.7 Å². The molecule has 0 radical (unpaired) electrons. The zero-order chi connectivity index (χ0) is 22.6. The highest BCUT2D eigenvalue weighted by molar-refractivity contribution is 7.89. The van der Waals surface area contributed by atoms with Crippen LogP contribution in [0.3, 0.4) is 0 Å². The summed E-state index contributed by atoms with van der Waals surface area (Å²) in [6, 6.07) is 10.2. The Morgan fingerprint density at radius 2 is 1.91 bits per heavy atom. The molecule has 4 rings (SSSR count). The molecule has 32 heavy (non-hydrogen) atoms. The van der Waals surface area contributed by atoms with Crippen LogP contribution in [0.2, 0.25) is 0 Å². The number of benzene rings is 1. The summed E-state index contributed by atoms with van der Waals surface area (Å²) in [4.78, 5) is 15.5. The van der Waals surface area contributed by atoms with E-state index in [0.717, 1.165) is 31.7 Å². The lowest BCUT2D eigenvalue weighted by Crippen LogP contribution is -2.46. The molecule has 2 saturated heterocycles. The molecular weight excluding hydrogens is 430 g/mol. The molecule has 0 saturated carbocycles. The summed E-state index contributed by atoms with van der Waals surface area (Å²) >= 11 is 0. The van der Waals surface area contributed by atoms with Crippen LogP contribution in [0.15, 0.2) is 52.0 Å². The van der Waals surface area contributed by atoms with Gasteiger partial charge >= 0.3 is 0 Å². The van der Waals surface area contributed by atoms with Gasteiger partial charge in [-0.25, -0.2) is 8.42 Å². The van der Waals surface area contributed by atoms with E-state index in [1.54, 1.807) is 30.5 Å². The molecule has 1 aromatic heterocycles. The fraction of sp³-hybridized carbons (Fsp3) is 0.522. The number of rotatable bonds is 8. The first-order valence-corrected chi connectivity index (χ1v) is 12.6. The number of amides is 1. The van der Waals surface area contributed by atoms with E-state index in [9.17, 15) is 13.2 Å². The second kappa shape index (κ2) is 10.1. The third-order valence-corrected chi connectivity index (χ3v) is 8.25. The number of nitrogens with one attached hydrogen (secondary N) is 1. The molecule has 0 spiro atoms. The van der Waals surface area contributed by atoms with Crippen molar-refractivity contribution in [1.82, 2.24) is 14.5 Å². The van der Waals surface area contributed by atoms with Crippen LogP contribution in [0.5, 0.6) is 5.75 Å². The van der Waals surface area contributed by atoms with Gasteiger partial charge in [0.1, 0.15) is 11.5 Å². The molecule has 2 atom stereocenters. The van der Waals surface area contributed by atoms with Crippen LogP contribution in [0, 0.1) is 5.92 Å². The van der Waals surface area contributed by atoms with E-state index >= 15 is 0 Å². The van der Waals surface area contributed by atoms with Crippen molar-refractivity contribution >= 4 is 15.9 Å². The van der Waals surface area contributed by atoms with E-state index in [1.165, 1.54) is 11.4 Å². The fourth-order valence-electron chi connectivity index (χ4n) is 4.56. The largest absolute Gasteiger partial charge is 0.497 e. The highest BCUT2D eigenvalue weighted by Gasteiger charge is 2.34. The summed E-state index contributed by atoms with van der Waals surface area (Å²) in [7, 11) is -2.12. The number of furan rings is 1. The van der Waals surface area contributed by atoms with E-state index in [4.69, 9.17) is 9.15 Å². The van der Waals surface area contributed by atoms with Crippen molar-refractivity contribution in [3.05, 3.63) is 48.4 Å². The standard InChI is InChI=1S/C23H31N3O5S/c1-30-19-8-10-20(11-9-19)32(28,29)26-14-4-6-18(17-26)23(27)24-16-21(22-7-5-15-31-22)25-12-2-3-13-25/h5,7-11,15,18,21H,2-4,6,12-14,16-17H2,1H3,(H,24,27)/t18-,21-/m1/s1. The monoisotopic (exact) mass is 461 g/mol. The van der Waals surface area contributed by atoms with Gasteiger partial charge in [0.2, 0.25) is 15.9 Å². The molecule has 2 aliphatic heterocycles. The van der Waals surface area contributed by atoms with Crippen molar-refractivity contribution in [3.63, 3.8) is 0 Å². The molecule has 0 bridgehead atoms. The van der Waals surface area contributed by atoms with E-state index in [2.05, 4.69) is 10.2 Å². The minimum atomic E-state index is -3.66. The Balaban J connectivity index is 1.39. The summed E-state index contributed by atoms with van der Waals surface area (Å²) in [6.07, 6.45) is 5.28. The Bertz CT molecular complexity index is 985. The molecule has 2 aliphatic rings. The number of ether oxygens (including phenoxy) is 1. The van der Waals surface area contributed by atoms with Gasteiger partial charge < -0.3 is 14.5 Å². The van der Waals surface area contributed by atoms with E-state index < -0.39 is 10.0 Å². The molecule has 2 aromatic rings. The number of hydrogen-bond donors (Lipinski definition) is 1. The first-order chi connectivity index (χ1) is 15.5. The summed E-state index contributed by atoms with van der Waals surface area (Å²) in [5, 5.41) is 3.07. The summed E-state index contributed by atoms with van der Waals surface area (Å²) in [5.74, 6) is 0.978. The van der Waals surface area contributed by atoms with Gasteiger partial charge in [-0.1, -0.05) is 0 Å². The summed E-state index contributed by atoms with van der Waals surface area (Å²) in [5.41, 5.74) is 0. The molecule has 0 unspecified atom stereocenters. The lowest BCUT2D eigenvalue weighted by Gasteiger charge is -2.32. The van der Waals surface area contributed by atoms with Gasteiger partial charge in [0, 0.05) is 19.6 Å². The Hall–Kier alpha value is -2.36. The SMILES string of the molecule is COc1ccc(S(=O)(=O)N2CCC[C@@H](C(=O)NC[C@H](c3ccco3)N3CCCC3)C2)cc1. The van der Waals surface area contributed by atoms with Crippen LogP contribution in [0.1, 0.15) is 37.5 Å². The zero-order valence-electron chi connectivity index (χ0n) is 18.4. The number of sulfonamides is 1. The van der Waals surface area contributed by atoms with Crippen LogP contribution in [0.25, 0.3) is 0 Å². The van der Waals surface area contributed by atoms with Crippen molar-refractivity contribution in [3.8, 4) is 5.75 Å². The van der Waals surface area contributed by atoms with Crippen molar-refractivity contribution < 1.29 is 22.4 Å². The van der Waals surface area contributed by atoms with Crippen LogP contribution in [-0.4, -0.2) is 63.4 Å². The van der Waals surface area contributed by atoms with Crippen LogP contribution >= 0.6 is 0 Å². The highest BCUT2D eigenvalue weighted by Crippen LogP contribution is 2.27. The molecule has 0 aliphatic carbocycles. The van der Waals surface area contributed by atoms with Crippen LogP contribution < -0.4 is 10.1 Å². The van der Waals surface area contributed by atoms with Gasteiger partial charge in [-0.3, -0.25) is 9.69 Å². The van der Waals surface area contributed by atoms with Gasteiger partial charge in [0.05, 0.1) is 30.2 Å². The van der Waals surface area contributed by atoms with Gasteiger partial charge in [0.25, 0.3) is 0 Å². The maximum Gasteiger partial charge on any atom is 0.243 e. The number of methoxy groups -OCH3 is 1. The predicted molar refractivity (Wildman–Crippen MR) is 120 cm³/mol. The third kappa shape index (κ3) is 5.00. The number of likely N-dealkylation sites (tertiary alicyclic amines) is 1. The molecule has 3 heterocycles. The Kier molecular flexibility index (Phi) is 7.17. The smallest absolute Gasteiger partial charge is 0.243 e. The fourth-order valence-corrected chi connectivity index (χ4v) is 6.08. The third-order valence-electron chi connectivity index (χ3n) is 6.37. The first kappa shape index (κ1) is 22.8. The highest BCUT2D eigenvalue weighted by atomic mass is 32.2. The van der Waals surface area contributed by atoms with E-state index in [-0.39, 0.29) is 29.3 Å². The Labute approximate surface area is 189 Å². The van der Waals surface area contributed by atoms with Gasteiger partial charge in [-0.05, 0) is 75.2 Å². The minimum Gasteiger partial charge on any atom is -0.497 e. The molecule has 1 aromatic carbocycles. The molecule has 1 amide bonds. The number of carbonyl (C=O) groups is 1. The lowest BCUT2D eigenvalue weighted by molar-refractivity contribution is -0.126. The summed E-state index contributed by atoms with van der Waals surface area (Å²) < 4.78 is 38.3. The average molecular weight is 462 g/mol. The van der Waals surface area contributed by atoms with Crippen LogP contribution in [-0.2, 0) is 14.8 Å². The average Bonchev–Trinajstić information content (AvgIpc) is 3.54. The molecule has 8 nitrogen and oxygen atoms in total. The normalized spacial score (nSPS) is 21.3. The van der Waals surface area contributed by atoms with Crippen molar-refractivity contribution in [1.29, 1.82) is 0 Å². The quantitative estimate of drug-likeness (QED) is 0.650. The Morgan fingerprint density at radius 3 is 2.56 bits per heavy atom. The number of carbonyl (C=O) groups excluding carboxylic acids is 1. The van der Waals surface area contributed by atoms with Gasteiger partial charge in [-0.15, -0.1) is 0 Å². The van der Waals surface area contributed by atoms with Crippen molar-refractivity contribution in [2.75, 3.05) is 39.8 Å². The first-order valence-electron chi connectivity index (χ1n) is 11.2. The molecule has 174 valence electrons. The molecule has 1 N–H and O–H groups in total.